The lowest BCUT2D eigenvalue weighted by molar-refractivity contribution is -0.130. The summed E-state index contributed by atoms with van der Waals surface area (Å²) in [6.45, 7) is 1.04. The van der Waals surface area contributed by atoms with Crippen LogP contribution in [0.15, 0.2) is 117 Å². The zero-order chi connectivity index (χ0) is 30.1. The van der Waals surface area contributed by atoms with Gasteiger partial charge in [0.05, 0.1) is 6.61 Å². The van der Waals surface area contributed by atoms with Gasteiger partial charge in [-0.05, 0) is 65.6 Å². The lowest BCUT2D eigenvalue weighted by Gasteiger charge is -2.31. The standard InChI is InChI=1S/C34H33Br2N3O4/c35-28-15-11-24(12-16-28)19-20-37-39-33(41)34(23-27-9-4-5-10-30(27)36)31(25-7-2-1-3-8-25)43-32(38-34)26-13-17-29(18-14-26)42-22-6-21-40/h1-5,7-18,31,37,40H,6,19-23H2,(H,39,41)/t31-,34-/m0/s1. The maximum Gasteiger partial charge on any atom is 0.266 e. The Morgan fingerprint density at radius 1 is 0.930 bits per heavy atom. The first-order valence-corrected chi connectivity index (χ1v) is 15.7. The zero-order valence-electron chi connectivity index (χ0n) is 23.5. The number of benzene rings is 4. The molecule has 0 saturated heterocycles. The number of hydrazine groups is 1. The highest BCUT2D eigenvalue weighted by Crippen LogP contribution is 2.43. The highest BCUT2D eigenvalue weighted by atomic mass is 79.9. The van der Waals surface area contributed by atoms with Crippen LogP contribution < -0.4 is 15.6 Å². The molecule has 0 aromatic heterocycles. The van der Waals surface area contributed by atoms with Crippen molar-refractivity contribution in [3.8, 4) is 5.75 Å². The predicted octanol–water partition coefficient (Wildman–Crippen LogP) is 6.34. The third-order valence-corrected chi connectivity index (χ3v) is 8.51. The van der Waals surface area contributed by atoms with E-state index in [-0.39, 0.29) is 12.5 Å². The molecule has 2 atom stereocenters. The molecule has 0 fully saturated rings. The number of nitrogens with zero attached hydrogens (tertiary/aromatic N) is 1. The Morgan fingerprint density at radius 2 is 1.65 bits per heavy atom. The van der Waals surface area contributed by atoms with Gasteiger partial charge in [-0.2, -0.15) is 0 Å². The van der Waals surface area contributed by atoms with Gasteiger partial charge in [0.15, 0.2) is 11.6 Å². The molecule has 1 aliphatic heterocycles. The van der Waals surface area contributed by atoms with Crippen LogP contribution in [0.25, 0.3) is 0 Å². The SMILES string of the molecule is O=C(NNCCc1ccc(Br)cc1)[C@@]1(Cc2ccccc2Br)N=C(c2ccc(OCCCO)cc2)O[C@H]1c1ccccc1. The Labute approximate surface area is 268 Å². The Bertz CT molecular complexity index is 1530. The van der Waals surface area contributed by atoms with Crippen molar-refractivity contribution in [3.05, 3.63) is 134 Å². The predicted molar refractivity (Wildman–Crippen MR) is 175 cm³/mol. The molecule has 7 nitrogen and oxygen atoms in total. The second kappa shape index (κ2) is 14.8. The molecule has 1 amide bonds. The van der Waals surface area contributed by atoms with Crippen LogP contribution in [0.1, 0.15) is 34.8 Å². The van der Waals surface area contributed by atoms with Gasteiger partial charge in [0.25, 0.3) is 5.91 Å². The first kappa shape index (κ1) is 30.9. The van der Waals surface area contributed by atoms with E-state index in [1.54, 1.807) is 0 Å². The summed E-state index contributed by atoms with van der Waals surface area (Å²) in [5.41, 5.74) is 8.46. The molecule has 4 aromatic rings. The number of ether oxygens (including phenoxy) is 2. The summed E-state index contributed by atoms with van der Waals surface area (Å²) in [4.78, 5) is 19.4. The normalized spacial score (nSPS) is 17.7. The van der Waals surface area contributed by atoms with E-state index in [4.69, 9.17) is 19.6 Å². The van der Waals surface area contributed by atoms with Crippen LogP contribution in [-0.2, 0) is 22.4 Å². The number of rotatable bonds is 13. The number of hydrogen-bond acceptors (Lipinski definition) is 6. The first-order valence-electron chi connectivity index (χ1n) is 14.2. The number of hydrogen-bond donors (Lipinski definition) is 3. The molecule has 3 N–H and O–H groups in total. The number of aliphatic imine (C=N–C) groups is 1. The first-order chi connectivity index (χ1) is 21.0. The summed E-state index contributed by atoms with van der Waals surface area (Å²) in [6.07, 6.45) is 0.926. The van der Waals surface area contributed by atoms with E-state index < -0.39 is 11.6 Å². The molecule has 0 radical (unpaired) electrons. The highest BCUT2D eigenvalue weighted by Gasteiger charge is 2.53. The summed E-state index contributed by atoms with van der Waals surface area (Å²) < 4.78 is 14.2. The molecule has 0 saturated carbocycles. The number of nitrogens with one attached hydrogen (secondary N) is 2. The Balaban J connectivity index is 1.46. The molecular weight excluding hydrogens is 674 g/mol. The summed E-state index contributed by atoms with van der Waals surface area (Å²) >= 11 is 7.14. The minimum absolute atomic E-state index is 0.0738. The lowest BCUT2D eigenvalue weighted by Crippen LogP contribution is -2.54. The molecule has 1 aliphatic rings. The monoisotopic (exact) mass is 705 g/mol. The van der Waals surface area contributed by atoms with Gasteiger partial charge < -0.3 is 14.6 Å². The molecule has 43 heavy (non-hydrogen) atoms. The highest BCUT2D eigenvalue weighted by molar-refractivity contribution is 9.10. The molecule has 1 heterocycles. The maximum atomic E-state index is 14.3. The van der Waals surface area contributed by atoms with Crippen LogP contribution in [0, 0.1) is 0 Å². The van der Waals surface area contributed by atoms with Gasteiger partial charge >= 0.3 is 0 Å². The van der Waals surface area contributed by atoms with E-state index in [1.807, 2.05) is 91.0 Å². The second-order valence-electron chi connectivity index (χ2n) is 10.2. The van der Waals surface area contributed by atoms with Crippen molar-refractivity contribution in [2.45, 2.75) is 30.9 Å². The fraction of sp³-hybridized carbons (Fsp3) is 0.235. The van der Waals surface area contributed by atoms with Crippen LogP contribution in [0.4, 0.5) is 0 Å². The Morgan fingerprint density at radius 3 is 2.37 bits per heavy atom. The number of carbonyl (C=O) groups excluding carboxylic acids is 1. The minimum Gasteiger partial charge on any atom is -0.494 e. The molecular formula is C34H33Br2N3O4. The number of amides is 1. The van der Waals surface area contributed by atoms with Crippen molar-refractivity contribution in [2.75, 3.05) is 19.8 Å². The number of aliphatic hydroxyl groups is 1. The van der Waals surface area contributed by atoms with Crippen LogP contribution in [0.2, 0.25) is 0 Å². The molecule has 222 valence electrons. The van der Waals surface area contributed by atoms with Crippen LogP contribution in [0.3, 0.4) is 0 Å². The lowest BCUT2D eigenvalue weighted by atomic mass is 9.82. The average molecular weight is 707 g/mol. The molecule has 9 heteroatoms. The fourth-order valence-electron chi connectivity index (χ4n) is 4.95. The number of halogens is 2. The van der Waals surface area contributed by atoms with Crippen molar-refractivity contribution in [2.24, 2.45) is 4.99 Å². The van der Waals surface area contributed by atoms with Gasteiger partial charge in [-0.25, -0.2) is 10.4 Å². The summed E-state index contributed by atoms with van der Waals surface area (Å²) in [5.74, 6) is 0.780. The van der Waals surface area contributed by atoms with Crippen LogP contribution in [-0.4, -0.2) is 42.2 Å². The molecule has 0 bridgehead atoms. The van der Waals surface area contributed by atoms with E-state index in [9.17, 15) is 4.79 Å². The van der Waals surface area contributed by atoms with Gasteiger partial charge in [-0.15, -0.1) is 0 Å². The van der Waals surface area contributed by atoms with E-state index in [1.165, 1.54) is 0 Å². The van der Waals surface area contributed by atoms with Gasteiger partial charge in [0, 0.05) is 40.5 Å². The minimum atomic E-state index is -1.30. The van der Waals surface area contributed by atoms with Gasteiger partial charge in [0.1, 0.15) is 5.75 Å². The van der Waals surface area contributed by atoms with E-state index in [2.05, 4.69) is 54.8 Å². The van der Waals surface area contributed by atoms with Gasteiger partial charge in [0.2, 0.25) is 5.90 Å². The van der Waals surface area contributed by atoms with Crippen molar-refractivity contribution in [1.82, 2.24) is 10.9 Å². The number of carbonyl (C=O) groups is 1. The van der Waals surface area contributed by atoms with Crippen molar-refractivity contribution < 1.29 is 19.4 Å². The Kier molecular flexibility index (Phi) is 10.6. The van der Waals surface area contributed by atoms with Crippen LogP contribution >= 0.6 is 31.9 Å². The van der Waals surface area contributed by atoms with Crippen molar-refractivity contribution >= 4 is 43.7 Å². The smallest absolute Gasteiger partial charge is 0.266 e. The molecule has 0 spiro atoms. The van der Waals surface area contributed by atoms with Gasteiger partial charge in [-0.3, -0.25) is 10.2 Å². The van der Waals surface area contributed by atoms with Crippen molar-refractivity contribution in [3.63, 3.8) is 0 Å². The summed E-state index contributed by atoms with van der Waals surface area (Å²) in [5, 5.41) is 9.04. The third-order valence-electron chi connectivity index (χ3n) is 7.20. The van der Waals surface area contributed by atoms with E-state index >= 15 is 0 Å². The zero-order valence-corrected chi connectivity index (χ0v) is 26.7. The summed E-state index contributed by atoms with van der Waals surface area (Å²) in [7, 11) is 0. The summed E-state index contributed by atoms with van der Waals surface area (Å²) in [6, 6.07) is 33.1. The second-order valence-corrected chi connectivity index (χ2v) is 12.0. The van der Waals surface area contributed by atoms with E-state index in [0.717, 1.165) is 37.6 Å². The van der Waals surface area contributed by atoms with E-state index in [0.29, 0.717) is 37.6 Å². The maximum absolute atomic E-state index is 14.3. The molecule has 0 unspecified atom stereocenters. The molecule has 4 aromatic carbocycles. The third kappa shape index (κ3) is 7.72. The van der Waals surface area contributed by atoms with Crippen molar-refractivity contribution in [1.29, 1.82) is 0 Å². The van der Waals surface area contributed by atoms with Crippen LogP contribution in [0.5, 0.6) is 5.75 Å². The largest absolute Gasteiger partial charge is 0.494 e. The van der Waals surface area contributed by atoms with Gasteiger partial charge in [-0.1, -0.05) is 92.5 Å². The quantitative estimate of drug-likeness (QED) is 0.112. The fourth-order valence-corrected chi connectivity index (χ4v) is 5.64. The average Bonchev–Trinajstić information content (AvgIpc) is 3.42. The number of aliphatic hydroxyl groups excluding tert-OH is 1. The molecule has 5 rings (SSSR count). The Hall–Kier alpha value is -3.50. The topological polar surface area (TPSA) is 92.2 Å². The molecule has 0 aliphatic carbocycles.